The number of hydrogen-bond donors (Lipinski definition) is 1. The van der Waals surface area contributed by atoms with Crippen LogP contribution in [-0.2, 0) is 14.6 Å². The molecule has 0 saturated carbocycles. The van der Waals surface area contributed by atoms with E-state index in [4.69, 9.17) is 33.0 Å². The smallest absolute Gasteiger partial charge is 0.338 e. The van der Waals surface area contributed by atoms with Gasteiger partial charge in [-0.3, -0.25) is 0 Å². The van der Waals surface area contributed by atoms with Crippen molar-refractivity contribution < 1.29 is 23.1 Å². The standard InChI is InChI=1S/C12H14Cl2O5S/c1-2-5-19-6-7-20(17,18)9-4-3-8(13)10(11(9)14)12(15)16/h3-4H,2,5-7H2,1H3,(H,15,16). The van der Waals surface area contributed by atoms with E-state index in [9.17, 15) is 13.2 Å². The molecule has 0 radical (unpaired) electrons. The molecule has 5 nitrogen and oxygen atoms in total. The number of benzene rings is 1. The summed E-state index contributed by atoms with van der Waals surface area (Å²) in [4.78, 5) is 10.8. The van der Waals surface area contributed by atoms with Gasteiger partial charge in [0.1, 0.15) is 0 Å². The van der Waals surface area contributed by atoms with Gasteiger partial charge in [0.25, 0.3) is 0 Å². The number of ether oxygens (including phenoxy) is 1. The average Bonchev–Trinajstić information content (AvgIpc) is 2.34. The summed E-state index contributed by atoms with van der Waals surface area (Å²) in [6.45, 7) is 2.39. The minimum atomic E-state index is -3.72. The maximum absolute atomic E-state index is 12.1. The number of carboxylic acid groups (broad SMARTS) is 1. The maximum atomic E-state index is 12.1. The van der Waals surface area contributed by atoms with E-state index in [0.717, 1.165) is 6.42 Å². The average molecular weight is 341 g/mol. The van der Waals surface area contributed by atoms with Crippen molar-refractivity contribution in [3.8, 4) is 0 Å². The van der Waals surface area contributed by atoms with E-state index < -0.39 is 21.4 Å². The largest absolute Gasteiger partial charge is 0.478 e. The molecule has 0 spiro atoms. The molecule has 0 unspecified atom stereocenters. The first-order chi connectivity index (χ1) is 9.31. The summed E-state index contributed by atoms with van der Waals surface area (Å²) in [6, 6.07) is 2.41. The predicted octanol–water partition coefficient (Wildman–Crippen LogP) is 2.89. The minimum absolute atomic E-state index is 0.0253. The summed E-state index contributed by atoms with van der Waals surface area (Å²) in [5.74, 6) is -1.65. The molecular formula is C12H14Cl2O5S. The Balaban J connectivity index is 3.07. The summed E-state index contributed by atoms with van der Waals surface area (Å²) in [5, 5.41) is 8.51. The molecule has 1 N–H and O–H groups in total. The van der Waals surface area contributed by atoms with Crippen molar-refractivity contribution in [1.82, 2.24) is 0 Å². The summed E-state index contributed by atoms with van der Waals surface area (Å²) in [6.07, 6.45) is 0.783. The third-order valence-corrected chi connectivity index (χ3v) is 4.98. The highest BCUT2D eigenvalue weighted by Crippen LogP contribution is 2.31. The Hall–Kier alpha value is -0.820. The molecule has 1 rings (SSSR count). The van der Waals surface area contributed by atoms with Crippen molar-refractivity contribution in [2.24, 2.45) is 0 Å². The molecule has 1 aromatic carbocycles. The molecule has 0 aliphatic heterocycles. The first kappa shape index (κ1) is 17.2. The molecule has 20 heavy (non-hydrogen) atoms. The molecule has 1 aromatic rings. The summed E-state index contributed by atoms with van der Waals surface area (Å²) in [5.41, 5.74) is -0.413. The van der Waals surface area contributed by atoms with Crippen LogP contribution in [0.15, 0.2) is 17.0 Å². The Morgan fingerprint density at radius 2 is 1.95 bits per heavy atom. The molecule has 0 saturated heterocycles. The number of carboxylic acids is 1. The fourth-order valence-electron chi connectivity index (χ4n) is 1.49. The van der Waals surface area contributed by atoms with E-state index in [2.05, 4.69) is 0 Å². The van der Waals surface area contributed by atoms with Crippen molar-refractivity contribution in [2.75, 3.05) is 19.0 Å². The molecular weight excluding hydrogens is 327 g/mol. The van der Waals surface area contributed by atoms with E-state index in [1.54, 1.807) is 0 Å². The van der Waals surface area contributed by atoms with Crippen LogP contribution in [0.5, 0.6) is 0 Å². The van der Waals surface area contributed by atoms with Crippen molar-refractivity contribution in [1.29, 1.82) is 0 Å². The van der Waals surface area contributed by atoms with Crippen LogP contribution >= 0.6 is 23.2 Å². The quantitative estimate of drug-likeness (QED) is 0.772. The molecule has 0 aliphatic carbocycles. The number of hydrogen-bond acceptors (Lipinski definition) is 4. The normalized spacial score (nSPS) is 11.6. The van der Waals surface area contributed by atoms with E-state index >= 15 is 0 Å². The fourth-order valence-corrected chi connectivity index (χ4v) is 3.59. The highest BCUT2D eigenvalue weighted by atomic mass is 35.5. The van der Waals surface area contributed by atoms with Crippen LogP contribution in [0, 0.1) is 0 Å². The summed E-state index contributed by atoms with van der Waals surface area (Å²) in [7, 11) is -3.72. The molecule has 0 amide bonds. The number of carbonyl (C=O) groups is 1. The van der Waals surface area contributed by atoms with Gasteiger partial charge in [0.05, 0.1) is 32.9 Å². The lowest BCUT2D eigenvalue weighted by atomic mass is 10.2. The Morgan fingerprint density at radius 1 is 1.30 bits per heavy atom. The summed E-state index contributed by atoms with van der Waals surface area (Å²) >= 11 is 11.6. The van der Waals surface area contributed by atoms with E-state index in [-0.39, 0.29) is 27.3 Å². The van der Waals surface area contributed by atoms with Crippen molar-refractivity contribution in [3.63, 3.8) is 0 Å². The number of rotatable bonds is 7. The van der Waals surface area contributed by atoms with Crippen molar-refractivity contribution >= 4 is 39.0 Å². The fraction of sp³-hybridized carbons (Fsp3) is 0.417. The van der Waals surface area contributed by atoms with Gasteiger partial charge < -0.3 is 9.84 Å². The lowest BCUT2D eigenvalue weighted by Crippen LogP contribution is -2.14. The number of sulfone groups is 1. The zero-order chi connectivity index (χ0) is 15.3. The van der Waals surface area contributed by atoms with E-state index in [1.807, 2.05) is 6.92 Å². The van der Waals surface area contributed by atoms with Crippen molar-refractivity contribution in [3.05, 3.63) is 27.7 Å². The van der Waals surface area contributed by atoms with Gasteiger partial charge in [0.15, 0.2) is 9.84 Å². The van der Waals surface area contributed by atoms with Gasteiger partial charge in [-0.15, -0.1) is 0 Å². The first-order valence-electron chi connectivity index (χ1n) is 5.83. The highest BCUT2D eigenvalue weighted by Gasteiger charge is 2.24. The molecule has 112 valence electrons. The lowest BCUT2D eigenvalue weighted by molar-refractivity contribution is 0.0697. The van der Waals surface area contributed by atoms with Gasteiger partial charge in [-0.1, -0.05) is 30.1 Å². The Morgan fingerprint density at radius 3 is 2.50 bits per heavy atom. The Kier molecular flexibility index (Phi) is 6.26. The van der Waals surface area contributed by atoms with Gasteiger partial charge in [0, 0.05) is 6.61 Å². The molecule has 8 heteroatoms. The van der Waals surface area contributed by atoms with Crippen LogP contribution in [0.25, 0.3) is 0 Å². The zero-order valence-corrected chi connectivity index (χ0v) is 13.1. The molecule has 0 fully saturated rings. The molecule has 0 aromatic heterocycles. The van der Waals surface area contributed by atoms with Crippen LogP contribution in [0.4, 0.5) is 0 Å². The van der Waals surface area contributed by atoms with Gasteiger partial charge in [-0.05, 0) is 18.6 Å². The molecule has 0 heterocycles. The Labute approximate surface area is 127 Å². The number of aromatic carboxylic acids is 1. The van der Waals surface area contributed by atoms with Gasteiger partial charge in [0.2, 0.25) is 0 Å². The third kappa shape index (κ3) is 4.09. The number of halogens is 2. The Bertz CT molecular complexity index is 598. The van der Waals surface area contributed by atoms with Crippen LogP contribution in [0.2, 0.25) is 10.0 Å². The SMILES string of the molecule is CCCOCCS(=O)(=O)c1ccc(Cl)c(C(=O)O)c1Cl. The van der Waals surface area contributed by atoms with Crippen LogP contribution in [0.1, 0.15) is 23.7 Å². The monoisotopic (exact) mass is 340 g/mol. The summed E-state index contributed by atoms with van der Waals surface area (Å²) < 4.78 is 29.3. The third-order valence-electron chi connectivity index (χ3n) is 2.45. The molecule has 0 atom stereocenters. The second kappa shape index (κ2) is 7.26. The van der Waals surface area contributed by atoms with E-state index in [0.29, 0.717) is 6.61 Å². The van der Waals surface area contributed by atoms with E-state index in [1.165, 1.54) is 12.1 Å². The lowest BCUT2D eigenvalue weighted by Gasteiger charge is -2.10. The molecule has 0 bridgehead atoms. The topological polar surface area (TPSA) is 80.7 Å². The van der Waals surface area contributed by atoms with Crippen molar-refractivity contribution in [2.45, 2.75) is 18.2 Å². The molecule has 0 aliphatic rings. The maximum Gasteiger partial charge on any atom is 0.338 e. The first-order valence-corrected chi connectivity index (χ1v) is 8.24. The van der Waals surface area contributed by atoms with Gasteiger partial charge >= 0.3 is 5.97 Å². The zero-order valence-electron chi connectivity index (χ0n) is 10.7. The van der Waals surface area contributed by atoms with Crippen LogP contribution in [-0.4, -0.2) is 38.5 Å². The van der Waals surface area contributed by atoms with Crippen LogP contribution < -0.4 is 0 Å². The predicted molar refractivity (Wildman–Crippen MR) is 76.6 cm³/mol. The second-order valence-electron chi connectivity index (χ2n) is 3.97. The highest BCUT2D eigenvalue weighted by molar-refractivity contribution is 7.91. The van der Waals surface area contributed by atoms with Crippen LogP contribution in [0.3, 0.4) is 0 Å². The minimum Gasteiger partial charge on any atom is -0.478 e. The van der Waals surface area contributed by atoms with Gasteiger partial charge in [-0.25, -0.2) is 13.2 Å². The van der Waals surface area contributed by atoms with Gasteiger partial charge in [-0.2, -0.15) is 0 Å². The second-order valence-corrected chi connectivity index (χ2v) is 6.83.